The molecule has 30 heavy (non-hydrogen) atoms. The number of amides is 2. The molecule has 1 aliphatic rings. The smallest absolute Gasteiger partial charge is 0.410 e. The molecule has 1 N–H and O–H groups in total. The fourth-order valence-electron chi connectivity index (χ4n) is 3.66. The van der Waals surface area contributed by atoms with Crippen molar-refractivity contribution >= 4 is 17.7 Å². The van der Waals surface area contributed by atoms with Gasteiger partial charge < -0.3 is 10.1 Å². The number of ether oxygens (including phenoxy) is 1. The Morgan fingerprint density at radius 3 is 2.20 bits per heavy atom. The van der Waals surface area contributed by atoms with Crippen LogP contribution in [0.5, 0.6) is 0 Å². The molecule has 5 nitrogen and oxygen atoms in total. The number of rotatable bonds is 5. The molecule has 152 valence electrons. The monoisotopic (exact) mass is 400 g/mol. The lowest BCUT2D eigenvalue weighted by Crippen LogP contribution is -2.43. The Balaban J connectivity index is 1.35. The van der Waals surface area contributed by atoms with E-state index < -0.39 is 12.1 Å². The summed E-state index contributed by atoms with van der Waals surface area (Å²) in [4.78, 5) is 26.8. The Morgan fingerprint density at radius 1 is 0.867 bits per heavy atom. The Kier molecular flexibility index (Phi) is 6.09. The molecule has 0 spiro atoms. The number of anilines is 1. The molecular weight excluding hydrogens is 376 g/mol. The number of nitrogens with one attached hydrogen (secondary N) is 1. The van der Waals surface area contributed by atoms with Crippen LogP contribution in [-0.4, -0.2) is 29.5 Å². The number of hydrogen-bond donors (Lipinski definition) is 1. The van der Waals surface area contributed by atoms with E-state index in [-0.39, 0.29) is 12.5 Å². The molecule has 0 saturated carbocycles. The lowest BCUT2D eigenvalue weighted by atomic mass is 10.1. The average molecular weight is 400 g/mol. The van der Waals surface area contributed by atoms with E-state index in [4.69, 9.17) is 4.74 Å². The maximum absolute atomic E-state index is 12.8. The first-order valence-electron chi connectivity index (χ1n) is 10.1. The Morgan fingerprint density at radius 2 is 1.50 bits per heavy atom. The van der Waals surface area contributed by atoms with Crippen LogP contribution in [0.1, 0.15) is 18.4 Å². The molecule has 1 aliphatic heterocycles. The summed E-state index contributed by atoms with van der Waals surface area (Å²) >= 11 is 0. The van der Waals surface area contributed by atoms with E-state index in [1.165, 1.54) is 4.90 Å². The van der Waals surface area contributed by atoms with E-state index in [2.05, 4.69) is 5.32 Å². The van der Waals surface area contributed by atoms with Crippen molar-refractivity contribution in [2.24, 2.45) is 0 Å². The number of carbonyl (C=O) groups excluding carboxylic acids is 2. The number of likely N-dealkylation sites (tertiary alicyclic amines) is 1. The van der Waals surface area contributed by atoms with Gasteiger partial charge in [0.25, 0.3) is 0 Å². The molecule has 1 unspecified atom stereocenters. The van der Waals surface area contributed by atoms with Gasteiger partial charge in [0, 0.05) is 12.2 Å². The van der Waals surface area contributed by atoms with Crippen LogP contribution >= 0.6 is 0 Å². The third-order valence-corrected chi connectivity index (χ3v) is 5.25. The van der Waals surface area contributed by atoms with Crippen molar-refractivity contribution in [2.75, 3.05) is 11.9 Å². The SMILES string of the molecule is O=C(Nc1ccc(-c2ccccc2)cc1)C1CCCN1C(=O)OCc1ccccc1. The molecule has 0 aliphatic carbocycles. The molecule has 0 aromatic heterocycles. The predicted molar refractivity (Wildman–Crippen MR) is 117 cm³/mol. The predicted octanol–water partition coefficient (Wildman–Crippen LogP) is 5.09. The summed E-state index contributed by atoms with van der Waals surface area (Å²) in [6.45, 7) is 0.726. The van der Waals surface area contributed by atoms with Gasteiger partial charge in [0.1, 0.15) is 12.6 Å². The van der Waals surface area contributed by atoms with E-state index in [0.717, 1.165) is 23.1 Å². The number of carbonyl (C=O) groups is 2. The lowest BCUT2D eigenvalue weighted by molar-refractivity contribution is -0.120. The van der Waals surface area contributed by atoms with Crippen molar-refractivity contribution in [1.29, 1.82) is 0 Å². The summed E-state index contributed by atoms with van der Waals surface area (Å²) in [5.41, 5.74) is 3.84. The van der Waals surface area contributed by atoms with Crippen LogP contribution in [0.25, 0.3) is 11.1 Å². The highest BCUT2D eigenvalue weighted by atomic mass is 16.6. The van der Waals surface area contributed by atoms with Crippen molar-refractivity contribution in [2.45, 2.75) is 25.5 Å². The summed E-state index contributed by atoms with van der Waals surface area (Å²) in [5, 5.41) is 2.93. The highest BCUT2D eigenvalue weighted by Crippen LogP contribution is 2.23. The largest absolute Gasteiger partial charge is 0.445 e. The van der Waals surface area contributed by atoms with Crippen molar-refractivity contribution in [3.63, 3.8) is 0 Å². The molecule has 4 rings (SSSR count). The molecule has 0 bridgehead atoms. The van der Waals surface area contributed by atoms with Gasteiger partial charge in [0.05, 0.1) is 0 Å². The number of nitrogens with zero attached hydrogens (tertiary/aromatic N) is 1. The van der Waals surface area contributed by atoms with E-state index >= 15 is 0 Å². The Labute approximate surface area is 176 Å². The van der Waals surface area contributed by atoms with Gasteiger partial charge in [0.15, 0.2) is 0 Å². The van der Waals surface area contributed by atoms with Gasteiger partial charge in [-0.05, 0) is 41.7 Å². The second-order valence-corrected chi connectivity index (χ2v) is 7.32. The molecule has 1 fully saturated rings. The third-order valence-electron chi connectivity index (χ3n) is 5.25. The average Bonchev–Trinajstić information content (AvgIpc) is 3.30. The molecule has 2 amide bonds. The van der Waals surface area contributed by atoms with Gasteiger partial charge in [-0.1, -0.05) is 72.8 Å². The molecule has 1 atom stereocenters. The molecule has 3 aromatic carbocycles. The Bertz CT molecular complexity index is 988. The maximum Gasteiger partial charge on any atom is 0.410 e. The number of hydrogen-bond acceptors (Lipinski definition) is 3. The van der Waals surface area contributed by atoms with E-state index in [9.17, 15) is 9.59 Å². The quantitative estimate of drug-likeness (QED) is 0.649. The van der Waals surface area contributed by atoms with Gasteiger partial charge in [-0.3, -0.25) is 9.69 Å². The van der Waals surface area contributed by atoms with Crippen LogP contribution in [0, 0.1) is 0 Å². The zero-order chi connectivity index (χ0) is 20.8. The fourth-order valence-corrected chi connectivity index (χ4v) is 3.66. The molecule has 5 heteroatoms. The van der Waals surface area contributed by atoms with Crippen LogP contribution in [0.4, 0.5) is 10.5 Å². The highest BCUT2D eigenvalue weighted by Gasteiger charge is 2.35. The van der Waals surface area contributed by atoms with E-state index in [1.54, 1.807) is 0 Å². The number of benzene rings is 3. The summed E-state index contributed by atoms with van der Waals surface area (Å²) < 4.78 is 5.41. The zero-order valence-corrected chi connectivity index (χ0v) is 16.7. The summed E-state index contributed by atoms with van der Waals surface area (Å²) in [5.74, 6) is -0.184. The zero-order valence-electron chi connectivity index (χ0n) is 16.7. The standard InChI is InChI=1S/C25H24N2O3/c28-24(26-22-15-13-21(14-16-22)20-10-5-2-6-11-20)23-12-7-17-27(23)25(29)30-18-19-8-3-1-4-9-19/h1-6,8-11,13-16,23H,7,12,17-18H2,(H,26,28). The summed E-state index contributed by atoms with van der Waals surface area (Å²) in [7, 11) is 0. The van der Waals surface area contributed by atoms with Crippen molar-refractivity contribution in [1.82, 2.24) is 4.90 Å². The topological polar surface area (TPSA) is 58.6 Å². The van der Waals surface area contributed by atoms with Gasteiger partial charge in [-0.15, -0.1) is 0 Å². The van der Waals surface area contributed by atoms with Crippen molar-refractivity contribution < 1.29 is 14.3 Å². The molecular formula is C25H24N2O3. The molecule has 0 radical (unpaired) electrons. The molecule has 3 aromatic rings. The van der Waals surface area contributed by atoms with Crippen LogP contribution in [-0.2, 0) is 16.1 Å². The van der Waals surface area contributed by atoms with Gasteiger partial charge in [0.2, 0.25) is 5.91 Å². The maximum atomic E-state index is 12.8. The van der Waals surface area contributed by atoms with Gasteiger partial charge >= 0.3 is 6.09 Å². The fraction of sp³-hybridized carbons (Fsp3) is 0.200. The van der Waals surface area contributed by atoms with Gasteiger partial charge in [-0.2, -0.15) is 0 Å². The van der Waals surface area contributed by atoms with Gasteiger partial charge in [-0.25, -0.2) is 4.79 Å². The van der Waals surface area contributed by atoms with Crippen LogP contribution < -0.4 is 5.32 Å². The summed E-state index contributed by atoms with van der Waals surface area (Å²) in [6.07, 6.45) is 0.968. The van der Waals surface area contributed by atoms with E-state index in [1.807, 2.05) is 84.9 Å². The van der Waals surface area contributed by atoms with Crippen LogP contribution in [0.3, 0.4) is 0 Å². The van der Waals surface area contributed by atoms with Crippen molar-refractivity contribution in [3.8, 4) is 11.1 Å². The lowest BCUT2D eigenvalue weighted by Gasteiger charge is -2.23. The minimum Gasteiger partial charge on any atom is -0.445 e. The second-order valence-electron chi connectivity index (χ2n) is 7.32. The highest BCUT2D eigenvalue weighted by molar-refractivity contribution is 5.97. The third kappa shape index (κ3) is 4.69. The first-order valence-corrected chi connectivity index (χ1v) is 10.1. The van der Waals surface area contributed by atoms with Crippen molar-refractivity contribution in [3.05, 3.63) is 90.5 Å². The van der Waals surface area contributed by atoms with Crippen LogP contribution in [0.15, 0.2) is 84.9 Å². The first-order chi connectivity index (χ1) is 14.7. The second kappa shape index (κ2) is 9.27. The van der Waals surface area contributed by atoms with E-state index in [0.29, 0.717) is 18.7 Å². The normalized spacial score (nSPS) is 15.6. The minimum atomic E-state index is -0.512. The minimum absolute atomic E-state index is 0.184. The van der Waals surface area contributed by atoms with Crippen LogP contribution in [0.2, 0.25) is 0 Å². The first kappa shape index (κ1) is 19.7. The summed E-state index contributed by atoms with van der Waals surface area (Å²) in [6, 6.07) is 26.8. The Hall–Kier alpha value is -3.60. The molecule has 1 heterocycles. The molecule has 1 saturated heterocycles.